The van der Waals surface area contributed by atoms with Gasteiger partial charge >= 0.3 is 6.18 Å². The second-order valence-corrected chi connectivity index (χ2v) is 6.19. The first-order valence-corrected chi connectivity index (χ1v) is 8.58. The molecule has 0 aliphatic heterocycles. The highest BCUT2D eigenvalue weighted by atomic mass is 19.4. The van der Waals surface area contributed by atoms with Crippen molar-refractivity contribution in [2.24, 2.45) is 0 Å². The first kappa shape index (κ1) is 19.6. The van der Waals surface area contributed by atoms with Crippen LogP contribution in [-0.4, -0.2) is 16.5 Å². The van der Waals surface area contributed by atoms with Gasteiger partial charge in [-0.15, -0.1) is 0 Å². The average Bonchev–Trinajstić information content (AvgIpc) is 2.63. The maximum absolute atomic E-state index is 13.6. The summed E-state index contributed by atoms with van der Waals surface area (Å²) >= 11 is 0. The van der Waals surface area contributed by atoms with E-state index < -0.39 is 11.7 Å². The molecule has 0 saturated carbocycles. The molecule has 0 fully saturated rings. The van der Waals surface area contributed by atoms with Crippen molar-refractivity contribution in [3.8, 4) is 0 Å². The van der Waals surface area contributed by atoms with E-state index in [-0.39, 0.29) is 5.82 Å². The molecule has 4 nitrogen and oxygen atoms in total. The molecule has 28 heavy (non-hydrogen) atoms. The quantitative estimate of drug-likeness (QED) is 0.558. The van der Waals surface area contributed by atoms with Crippen molar-refractivity contribution in [3.63, 3.8) is 0 Å². The number of aryl methyl sites for hydroxylation is 1. The van der Waals surface area contributed by atoms with Crippen LogP contribution < -0.4 is 10.6 Å². The van der Waals surface area contributed by atoms with Crippen LogP contribution in [0.2, 0.25) is 0 Å². The van der Waals surface area contributed by atoms with Gasteiger partial charge in [0.2, 0.25) is 5.95 Å². The van der Waals surface area contributed by atoms with Gasteiger partial charge in [0.25, 0.3) is 0 Å². The van der Waals surface area contributed by atoms with Gasteiger partial charge in [-0.25, -0.2) is 9.37 Å². The lowest BCUT2D eigenvalue weighted by atomic mass is 10.1. The highest BCUT2D eigenvalue weighted by Crippen LogP contribution is 2.30. The molecule has 3 rings (SSSR count). The Labute approximate surface area is 159 Å². The van der Waals surface area contributed by atoms with Gasteiger partial charge in [-0.1, -0.05) is 18.2 Å². The normalized spacial score (nSPS) is 11.3. The van der Waals surface area contributed by atoms with Crippen LogP contribution in [0.3, 0.4) is 0 Å². The summed E-state index contributed by atoms with van der Waals surface area (Å²) in [5.74, 6) is 0.533. The lowest BCUT2D eigenvalue weighted by molar-refractivity contribution is -0.137. The third-order valence-corrected chi connectivity index (χ3v) is 3.97. The summed E-state index contributed by atoms with van der Waals surface area (Å²) < 4.78 is 51.6. The molecule has 0 saturated heterocycles. The van der Waals surface area contributed by atoms with Crippen LogP contribution in [0.15, 0.2) is 54.6 Å². The lowest BCUT2D eigenvalue weighted by Crippen LogP contribution is -2.10. The van der Waals surface area contributed by atoms with Crippen molar-refractivity contribution in [3.05, 3.63) is 77.2 Å². The monoisotopic (exact) mass is 390 g/mol. The van der Waals surface area contributed by atoms with Gasteiger partial charge in [-0.3, -0.25) is 0 Å². The van der Waals surface area contributed by atoms with Crippen LogP contribution >= 0.6 is 0 Å². The number of halogens is 4. The van der Waals surface area contributed by atoms with Crippen LogP contribution in [-0.2, 0) is 12.6 Å². The van der Waals surface area contributed by atoms with Crippen LogP contribution in [0.4, 0.5) is 35.0 Å². The Morgan fingerprint density at radius 1 is 0.964 bits per heavy atom. The van der Waals surface area contributed by atoms with Crippen LogP contribution in [0, 0.1) is 12.7 Å². The zero-order chi connectivity index (χ0) is 20.1. The molecular weight excluding hydrogens is 372 g/mol. The maximum Gasteiger partial charge on any atom is 0.416 e. The molecule has 2 N–H and O–H groups in total. The van der Waals surface area contributed by atoms with Gasteiger partial charge < -0.3 is 10.6 Å². The summed E-state index contributed by atoms with van der Waals surface area (Å²) in [6.45, 7) is 2.21. The Bertz CT molecular complexity index is 940. The Morgan fingerprint density at radius 3 is 2.36 bits per heavy atom. The van der Waals surface area contributed by atoms with Crippen molar-refractivity contribution < 1.29 is 17.6 Å². The van der Waals surface area contributed by atoms with Gasteiger partial charge in [-0.05, 0) is 49.2 Å². The lowest BCUT2D eigenvalue weighted by Gasteiger charge is -2.11. The van der Waals surface area contributed by atoms with Crippen molar-refractivity contribution in [2.75, 3.05) is 17.2 Å². The predicted molar refractivity (Wildman–Crippen MR) is 100 cm³/mol. The molecule has 0 radical (unpaired) electrons. The summed E-state index contributed by atoms with van der Waals surface area (Å²) in [5.41, 5.74) is 1.03. The smallest absolute Gasteiger partial charge is 0.354 e. The predicted octanol–water partition coefficient (Wildman–Crippen LogP) is 5.34. The zero-order valence-corrected chi connectivity index (χ0v) is 15.0. The number of aromatic nitrogens is 2. The molecule has 0 aliphatic carbocycles. The maximum atomic E-state index is 13.6. The third kappa shape index (κ3) is 5.18. The second kappa shape index (κ2) is 8.24. The minimum Gasteiger partial charge on any atom is -0.354 e. The second-order valence-electron chi connectivity index (χ2n) is 6.19. The molecule has 146 valence electrons. The van der Waals surface area contributed by atoms with E-state index in [0.717, 1.165) is 12.1 Å². The Balaban J connectivity index is 1.65. The van der Waals surface area contributed by atoms with Gasteiger partial charge in [0.1, 0.15) is 11.6 Å². The molecule has 1 heterocycles. The number of alkyl halides is 3. The van der Waals surface area contributed by atoms with E-state index >= 15 is 0 Å². The van der Waals surface area contributed by atoms with E-state index in [0.29, 0.717) is 41.7 Å². The summed E-state index contributed by atoms with van der Waals surface area (Å²) in [5, 5.41) is 6.00. The van der Waals surface area contributed by atoms with Gasteiger partial charge in [0, 0.05) is 24.0 Å². The molecule has 0 aliphatic rings. The fourth-order valence-electron chi connectivity index (χ4n) is 2.61. The molecule has 0 amide bonds. The Morgan fingerprint density at radius 2 is 1.68 bits per heavy atom. The standard InChI is InChI=1S/C20H18F4N4/c1-13-12-18(27-16-8-6-15(7-9-16)20(22,23)24)28-19(26-13)25-11-10-14-4-2-3-5-17(14)21/h2-9,12H,10-11H2,1H3,(H2,25,26,27,28). The van der Waals surface area contributed by atoms with E-state index in [4.69, 9.17) is 0 Å². The molecule has 0 bridgehead atoms. The van der Waals surface area contributed by atoms with E-state index in [9.17, 15) is 17.6 Å². The molecule has 0 spiro atoms. The van der Waals surface area contributed by atoms with E-state index in [1.807, 2.05) is 0 Å². The van der Waals surface area contributed by atoms with E-state index in [2.05, 4.69) is 20.6 Å². The topological polar surface area (TPSA) is 49.8 Å². The van der Waals surface area contributed by atoms with Gasteiger partial charge in [0.15, 0.2) is 0 Å². The van der Waals surface area contributed by atoms with Crippen LogP contribution in [0.1, 0.15) is 16.8 Å². The number of nitrogens with zero attached hydrogens (tertiary/aromatic N) is 2. The summed E-state index contributed by atoms with van der Waals surface area (Å²) in [7, 11) is 0. The molecule has 3 aromatic rings. The fourth-order valence-corrected chi connectivity index (χ4v) is 2.61. The minimum atomic E-state index is -4.38. The zero-order valence-electron chi connectivity index (χ0n) is 15.0. The number of hydrogen-bond donors (Lipinski definition) is 2. The Kier molecular flexibility index (Phi) is 5.77. The third-order valence-electron chi connectivity index (χ3n) is 3.97. The average molecular weight is 390 g/mol. The fraction of sp³-hybridized carbons (Fsp3) is 0.200. The number of benzene rings is 2. The number of hydrogen-bond acceptors (Lipinski definition) is 4. The van der Waals surface area contributed by atoms with E-state index in [1.54, 1.807) is 31.2 Å². The Hall–Kier alpha value is -3.16. The number of anilines is 3. The molecule has 0 atom stereocenters. The van der Waals surface area contributed by atoms with Crippen LogP contribution in [0.25, 0.3) is 0 Å². The minimum absolute atomic E-state index is 0.265. The van der Waals surface area contributed by atoms with Gasteiger partial charge in [-0.2, -0.15) is 18.2 Å². The SMILES string of the molecule is Cc1cc(Nc2ccc(C(F)(F)F)cc2)nc(NCCc2ccccc2F)n1. The first-order valence-electron chi connectivity index (χ1n) is 8.58. The van der Waals surface area contributed by atoms with Crippen molar-refractivity contribution in [1.29, 1.82) is 0 Å². The van der Waals surface area contributed by atoms with Gasteiger partial charge in [0.05, 0.1) is 5.56 Å². The molecular formula is C20H18F4N4. The summed E-state index contributed by atoms with van der Waals surface area (Å²) in [6.07, 6.45) is -3.91. The van der Waals surface area contributed by atoms with Crippen molar-refractivity contribution >= 4 is 17.5 Å². The summed E-state index contributed by atoms with van der Waals surface area (Å²) in [4.78, 5) is 8.58. The highest BCUT2D eigenvalue weighted by molar-refractivity contribution is 5.58. The van der Waals surface area contributed by atoms with E-state index in [1.165, 1.54) is 18.2 Å². The molecule has 2 aromatic carbocycles. The number of nitrogens with one attached hydrogen (secondary N) is 2. The van der Waals surface area contributed by atoms with Crippen LogP contribution in [0.5, 0.6) is 0 Å². The molecule has 1 aromatic heterocycles. The van der Waals surface area contributed by atoms with Crippen molar-refractivity contribution in [2.45, 2.75) is 19.5 Å². The first-order chi connectivity index (χ1) is 13.3. The molecule has 0 unspecified atom stereocenters. The number of rotatable bonds is 6. The van der Waals surface area contributed by atoms with Crippen molar-refractivity contribution in [1.82, 2.24) is 9.97 Å². The summed E-state index contributed by atoms with van der Waals surface area (Å²) in [6, 6.07) is 12.9. The molecule has 8 heteroatoms. The highest BCUT2D eigenvalue weighted by Gasteiger charge is 2.29. The largest absolute Gasteiger partial charge is 0.416 e.